The molecule has 7 nitrogen and oxygen atoms in total. The number of benzene rings is 1. The van der Waals surface area contributed by atoms with E-state index in [0.717, 1.165) is 30.5 Å². The molecule has 2 rings (SSSR count). The first kappa shape index (κ1) is 16.9. The van der Waals surface area contributed by atoms with Crippen LogP contribution in [-0.2, 0) is 14.8 Å². The van der Waals surface area contributed by atoms with Crippen molar-refractivity contribution in [2.24, 2.45) is 0 Å². The number of anilines is 1. The van der Waals surface area contributed by atoms with E-state index in [1.807, 2.05) is 0 Å². The van der Waals surface area contributed by atoms with Gasteiger partial charge in [-0.1, -0.05) is 6.07 Å². The predicted octanol–water partition coefficient (Wildman–Crippen LogP) is -0.219. The van der Waals surface area contributed by atoms with Crippen LogP contribution in [0.5, 0.6) is 0 Å². The van der Waals surface area contributed by atoms with Crippen LogP contribution < -0.4 is 10.6 Å². The molecule has 1 fully saturated rings. The average Bonchev–Trinajstić information content (AvgIpc) is 2.48. The van der Waals surface area contributed by atoms with E-state index >= 15 is 0 Å². The Labute approximate surface area is 131 Å². The van der Waals surface area contributed by atoms with Crippen molar-refractivity contribution in [3.8, 4) is 0 Å². The third-order valence-electron chi connectivity index (χ3n) is 3.47. The Balaban J connectivity index is 2.02. The van der Waals surface area contributed by atoms with Gasteiger partial charge in [0, 0.05) is 46.0 Å². The molecule has 8 heteroatoms. The third kappa shape index (κ3) is 4.26. The van der Waals surface area contributed by atoms with Crippen molar-refractivity contribution < 1.29 is 13.2 Å². The Kier molecular flexibility index (Phi) is 5.52. The molecule has 122 valence electrons. The van der Waals surface area contributed by atoms with Crippen molar-refractivity contribution in [1.29, 1.82) is 0 Å². The quantitative estimate of drug-likeness (QED) is 0.782. The van der Waals surface area contributed by atoms with E-state index in [4.69, 9.17) is 0 Å². The van der Waals surface area contributed by atoms with Gasteiger partial charge in [0.1, 0.15) is 0 Å². The Morgan fingerprint density at radius 1 is 1.32 bits per heavy atom. The summed E-state index contributed by atoms with van der Waals surface area (Å²) in [7, 11) is -0.545. The Bertz CT molecular complexity index is 625. The molecule has 1 aromatic carbocycles. The number of nitrogens with one attached hydrogen (secondary N) is 2. The summed E-state index contributed by atoms with van der Waals surface area (Å²) < 4.78 is 25.3. The summed E-state index contributed by atoms with van der Waals surface area (Å²) in [5.41, 5.74) is 0.489. The van der Waals surface area contributed by atoms with Gasteiger partial charge < -0.3 is 10.6 Å². The number of rotatable bonds is 5. The molecule has 0 atom stereocenters. The summed E-state index contributed by atoms with van der Waals surface area (Å²) in [6, 6.07) is 6.30. The van der Waals surface area contributed by atoms with Gasteiger partial charge >= 0.3 is 0 Å². The minimum Gasteiger partial charge on any atom is -0.325 e. The monoisotopic (exact) mass is 326 g/mol. The zero-order chi connectivity index (χ0) is 16.2. The summed E-state index contributed by atoms with van der Waals surface area (Å²) in [6.07, 6.45) is 0. The van der Waals surface area contributed by atoms with Gasteiger partial charge in [-0.3, -0.25) is 9.69 Å². The van der Waals surface area contributed by atoms with Crippen molar-refractivity contribution in [3.05, 3.63) is 24.3 Å². The molecule has 0 radical (unpaired) electrons. The molecule has 0 aromatic heterocycles. The van der Waals surface area contributed by atoms with Gasteiger partial charge in [-0.25, -0.2) is 12.7 Å². The zero-order valence-electron chi connectivity index (χ0n) is 12.9. The Morgan fingerprint density at radius 3 is 2.64 bits per heavy atom. The van der Waals surface area contributed by atoms with Gasteiger partial charge in [0.15, 0.2) is 0 Å². The molecule has 0 bridgehead atoms. The molecular formula is C14H22N4O3S. The summed E-state index contributed by atoms with van der Waals surface area (Å²) in [5, 5.41) is 5.98. The second-order valence-corrected chi connectivity index (χ2v) is 7.54. The van der Waals surface area contributed by atoms with E-state index in [1.54, 1.807) is 12.1 Å². The minimum atomic E-state index is -3.50. The van der Waals surface area contributed by atoms with Crippen LogP contribution in [-0.4, -0.2) is 70.3 Å². The van der Waals surface area contributed by atoms with Crippen molar-refractivity contribution >= 4 is 21.6 Å². The molecule has 0 saturated carbocycles. The lowest BCUT2D eigenvalue weighted by atomic mass is 10.3. The number of piperazine rings is 1. The molecule has 0 aliphatic carbocycles. The molecule has 1 amide bonds. The van der Waals surface area contributed by atoms with Gasteiger partial charge in [-0.2, -0.15) is 0 Å². The van der Waals surface area contributed by atoms with Gasteiger partial charge in [0.2, 0.25) is 15.9 Å². The normalized spacial score (nSPS) is 16.7. The van der Waals surface area contributed by atoms with E-state index in [-0.39, 0.29) is 10.8 Å². The number of amides is 1. The zero-order valence-corrected chi connectivity index (χ0v) is 13.7. The van der Waals surface area contributed by atoms with E-state index < -0.39 is 10.0 Å². The SMILES string of the molecule is CN(C)S(=O)(=O)c1cccc(NC(=O)CN2CCNCC2)c1. The van der Waals surface area contributed by atoms with Crippen LogP contribution in [0.1, 0.15) is 0 Å². The van der Waals surface area contributed by atoms with Gasteiger partial charge in [-0.15, -0.1) is 0 Å². The van der Waals surface area contributed by atoms with E-state index in [0.29, 0.717) is 12.2 Å². The fourth-order valence-corrected chi connectivity index (χ4v) is 3.17. The minimum absolute atomic E-state index is 0.138. The molecule has 1 aromatic rings. The fraction of sp³-hybridized carbons (Fsp3) is 0.500. The summed E-state index contributed by atoms with van der Waals surface area (Å²) in [6.45, 7) is 3.74. The molecule has 0 spiro atoms. The average molecular weight is 326 g/mol. The summed E-state index contributed by atoms with van der Waals surface area (Å²) >= 11 is 0. The highest BCUT2D eigenvalue weighted by molar-refractivity contribution is 7.89. The lowest BCUT2D eigenvalue weighted by Gasteiger charge is -2.26. The number of hydrogen-bond acceptors (Lipinski definition) is 5. The van der Waals surface area contributed by atoms with E-state index in [1.165, 1.54) is 26.2 Å². The topological polar surface area (TPSA) is 81.8 Å². The number of sulfonamides is 1. The van der Waals surface area contributed by atoms with Crippen LogP contribution >= 0.6 is 0 Å². The second-order valence-electron chi connectivity index (χ2n) is 5.39. The van der Waals surface area contributed by atoms with Crippen LogP contribution in [0.2, 0.25) is 0 Å². The van der Waals surface area contributed by atoms with Crippen LogP contribution in [0.4, 0.5) is 5.69 Å². The van der Waals surface area contributed by atoms with Crippen molar-refractivity contribution in [1.82, 2.24) is 14.5 Å². The maximum absolute atomic E-state index is 12.1. The maximum atomic E-state index is 12.1. The van der Waals surface area contributed by atoms with E-state index in [2.05, 4.69) is 15.5 Å². The van der Waals surface area contributed by atoms with Crippen LogP contribution in [0, 0.1) is 0 Å². The van der Waals surface area contributed by atoms with E-state index in [9.17, 15) is 13.2 Å². The highest BCUT2D eigenvalue weighted by Gasteiger charge is 2.18. The number of carbonyl (C=O) groups is 1. The van der Waals surface area contributed by atoms with Gasteiger partial charge in [0.05, 0.1) is 11.4 Å². The summed E-state index contributed by atoms with van der Waals surface area (Å²) in [4.78, 5) is 14.3. The number of carbonyl (C=O) groups excluding carboxylic acids is 1. The van der Waals surface area contributed by atoms with Crippen molar-refractivity contribution in [2.45, 2.75) is 4.90 Å². The molecule has 1 saturated heterocycles. The second kappa shape index (κ2) is 7.19. The number of hydrogen-bond donors (Lipinski definition) is 2. The molecule has 22 heavy (non-hydrogen) atoms. The van der Waals surface area contributed by atoms with Gasteiger partial charge in [-0.05, 0) is 18.2 Å². The molecule has 1 heterocycles. The lowest BCUT2D eigenvalue weighted by Crippen LogP contribution is -2.46. The van der Waals surface area contributed by atoms with Crippen LogP contribution in [0.3, 0.4) is 0 Å². The first-order chi connectivity index (χ1) is 10.4. The molecule has 1 aliphatic heterocycles. The molecular weight excluding hydrogens is 304 g/mol. The Morgan fingerprint density at radius 2 is 2.00 bits per heavy atom. The maximum Gasteiger partial charge on any atom is 0.242 e. The van der Waals surface area contributed by atoms with Crippen molar-refractivity contribution in [3.63, 3.8) is 0 Å². The molecule has 1 aliphatic rings. The molecule has 0 unspecified atom stereocenters. The standard InChI is InChI=1S/C14H22N4O3S/c1-17(2)22(20,21)13-5-3-4-12(10-13)16-14(19)11-18-8-6-15-7-9-18/h3-5,10,15H,6-9,11H2,1-2H3,(H,16,19). The van der Waals surface area contributed by atoms with Crippen molar-refractivity contribution in [2.75, 3.05) is 52.1 Å². The largest absolute Gasteiger partial charge is 0.325 e. The lowest BCUT2D eigenvalue weighted by molar-refractivity contribution is -0.117. The first-order valence-corrected chi connectivity index (χ1v) is 8.59. The fourth-order valence-electron chi connectivity index (χ4n) is 2.22. The first-order valence-electron chi connectivity index (χ1n) is 7.15. The predicted molar refractivity (Wildman–Crippen MR) is 85.3 cm³/mol. The summed E-state index contributed by atoms with van der Waals surface area (Å²) in [5.74, 6) is -0.138. The highest BCUT2D eigenvalue weighted by Crippen LogP contribution is 2.17. The number of nitrogens with zero attached hydrogens (tertiary/aromatic N) is 2. The van der Waals surface area contributed by atoms with Crippen LogP contribution in [0.25, 0.3) is 0 Å². The van der Waals surface area contributed by atoms with Crippen LogP contribution in [0.15, 0.2) is 29.2 Å². The molecule has 2 N–H and O–H groups in total. The smallest absolute Gasteiger partial charge is 0.242 e. The van der Waals surface area contributed by atoms with Gasteiger partial charge in [0.25, 0.3) is 0 Å². The third-order valence-corrected chi connectivity index (χ3v) is 5.28. The highest BCUT2D eigenvalue weighted by atomic mass is 32.2. The Hall–Kier alpha value is -1.48.